The summed E-state index contributed by atoms with van der Waals surface area (Å²) in [5, 5.41) is 33.8. The quantitative estimate of drug-likeness (QED) is 0.348. The molecule has 0 amide bonds. The fourth-order valence-corrected chi connectivity index (χ4v) is 3.77. The first-order chi connectivity index (χ1) is 13.6. The van der Waals surface area contributed by atoms with Crippen LogP contribution in [0.25, 0.3) is 11.2 Å². The molecule has 2 fully saturated rings. The standard InChI is InChI=1S/C17H25N7O4/c18-14-11-15(22-17(21-14)23-20-6-9-4-2-1-3-5-9)24(8-19-11)16-13(27)12(26)10(7-25)28-16/h6,8-10,12-13,16,25-27H,1-5,7H2,(H3,18,21,22,23)/b20-6-/t10-,12-,13-,16-/m1/s1. The number of aliphatic hydroxyl groups is 3. The second kappa shape index (κ2) is 7.95. The lowest BCUT2D eigenvalue weighted by atomic mass is 9.90. The maximum Gasteiger partial charge on any atom is 0.247 e. The van der Waals surface area contributed by atoms with Crippen LogP contribution >= 0.6 is 0 Å². The number of anilines is 2. The monoisotopic (exact) mass is 391 g/mol. The molecule has 0 radical (unpaired) electrons. The van der Waals surface area contributed by atoms with Gasteiger partial charge < -0.3 is 25.8 Å². The fraction of sp³-hybridized carbons (Fsp3) is 0.647. The number of nitrogens with zero attached hydrogens (tertiary/aromatic N) is 5. The van der Waals surface area contributed by atoms with Crippen molar-refractivity contribution in [2.75, 3.05) is 17.8 Å². The van der Waals surface area contributed by atoms with E-state index in [9.17, 15) is 15.3 Å². The summed E-state index contributed by atoms with van der Waals surface area (Å²) < 4.78 is 7.01. The number of nitrogens with two attached hydrogens (primary N) is 1. The zero-order valence-electron chi connectivity index (χ0n) is 15.3. The number of ether oxygens (including phenoxy) is 1. The number of nitrogen functional groups attached to an aromatic ring is 1. The first-order valence-corrected chi connectivity index (χ1v) is 9.50. The Labute approximate surface area is 161 Å². The van der Waals surface area contributed by atoms with Crippen molar-refractivity contribution in [2.24, 2.45) is 11.0 Å². The highest BCUT2D eigenvalue weighted by Crippen LogP contribution is 2.32. The van der Waals surface area contributed by atoms with Crippen LogP contribution in [0.15, 0.2) is 11.4 Å². The minimum absolute atomic E-state index is 0.158. The average molecular weight is 391 g/mol. The van der Waals surface area contributed by atoms with Crippen molar-refractivity contribution < 1.29 is 20.1 Å². The highest BCUT2D eigenvalue weighted by atomic mass is 16.6. The molecule has 0 unspecified atom stereocenters. The minimum atomic E-state index is -1.24. The number of imidazole rings is 1. The van der Waals surface area contributed by atoms with Crippen molar-refractivity contribution in [2.45, 2.75) is 56.6 Å². The van der Waals surface area contributed by atoms with Gasteiger partial charge in [0.1, 0.15) is 23.8 Å². The lowest BCUT2D eigenvalue weighted by Gasteiger charge is -2.17. The molecule has 0 spiro atoms. The van der Waals surface area contributed by atoms with Crippen LogP contribution in [0.4, 0.5) is 11.8 Å². The lowest BCUT2D eigenvalue weighted by Crippen LogP contribution is -2.33. The molecule has 2 aromatic rings. The number of hydrogen-bond acceptors (Lipinski definition) is 10. The minimum Gasteiger partial charge on any atom is -0.394 e. The van der Waals surface area contributed by atoms with E-state index < -0.39 is 31.1 Å². The summed E-state index contributed by atoms with van der Waals surface area (Å²) in [4.78, 5) is 12.7. The number of hydrogen-bond donors (Lipinski definition) is 5. The summed E-state index contributed by atoms with van der Waals surface area (Å²) in [5.41, 5.74) is 9.47. The van der Waals surface area contributed by atoms with Crippen molar-refractivity contribution in [3.05, 3.63) is 6.33 Å². The van der Waals surface area contributed by atoms with Crippen molar-refractivity contribution in [3.8, 4) is 0 Å². The topological polar surface area (TPSA) is 164 Å². The predicted octanol–water partition coefficient (Wildman–Crippen LogP) is -0.00200. The third kappa shape index (κ3) is 3.53. The predicted molar refractivity (Wildman–Crippen MR) is 101 cm³/mol. The zero-order chi connectivity index (χ0) is 19.7. The average Bonchev–Trinajstić information content (AvgIpc) is 3.24. The summed E-state index contributed by atoms with van der Waals surface area (Å²) in [6.07, 6.45) is 4.95. The van der Waals surface area contributed by atoms with E-state index in [0.29, 0.717) is 17.1 Å². The number of aliphatic hydroxyl groups excluding tert-OH is 3. The molecule has 3 heterocycles. The molecular formula is C17H25N7O4. The van der Waals surface area contributed by atoms with E-state index in [1.165, 1.54) is 30.2 Å². The van der Waals surface area contributed by atoms with Gasteiger partial charge in [0.15, 0.2) is 17.7 Å². The molecule has 2 aliphatic rings. The number of aromatic nitrogens is 4. The molecule has 6 N–H and O–H groups in total. The van der Waals surface area contributed by atoms with Crippen molar-refractivity contribution in [1.82, 2.24) is 19.5 Å². The second-order valence-corrected chi connectivity index (χ2v) is 7.27. The fourth-order valence-electron chi connectivity index (χ4n) is 3.77. The van der Waals surface area contributed by atoms with E-state index in [1.807, 2.05) is 6.21 Å². The van der Waals surface area contributed by atoms with E-state index in [4.69, 9.17) is 10.5 Å². The molecular weight excluding hydrogens is 366 g/mol. The van der Waals surface area contributed by atoms with Crippen LogP contribution in [0, 0.1) is 5.92 Å². The van der Waals surface area contributed by atoms with Crippen molar-refractivity contribution in [1.29, 1.82) is 0 Å². The van der Waals surface area contributed by atoms with Crippen molar-refractivity contribution in [3.63, 3.8) is 0 Å². The zero-order valence-corrected chi connectivity index (χ0v) is 15.3. The Morgan fingerprint density at radius 1 is 1.25 bits per heavy atom. The van der Waals surface area contributed by atoms with Crippen LogP contribution in [0.5, 0.6) is 0 Å². The molecule has 1 saturated carbocycles. The number of fused-ring (bicyclic) bond motifs is 1. The van der Waals surface area contributed by atoms with E-state index in [1.54, 1.807) is 0 Å². The van der Waals surface area contributed by atoms with E-state index in [-0.39, 0.29) is 11.8 Å². The van der Waals surface area contributed by atoms with Gasteiger partial charge in [0.05, 0.1) is 12.9 Å². The number of rotatable bonds is 5. The molecule has 0 aromatic carbocycles. The maximum atomic E-state index is 10.3. The van der Waals surface area contributed by atoms with Crippen LogP contribution in [0.2, 0.25) is 0 Å². The third-order valence-electron chi connectivity index (χ3n) is 5.34. The second-order valence-electron chi connectivity index (χ2n) is 7.27. The highest BCUT2D eigenvalue weighted by Gasteiger charge is 2.44. The van der Waals surface area contributed by atoms with Gasteiger partial charge in [-0.1, -0.05) is 19.3 Å². The molecule has 11 heteroatoms. The van der Waals surface area contributed by atoms with Crippen molar-refractivity contribution >= 4 is 29.1 Å². The highest BCUT2D eigenvalue weighted by molar-refractivity contribution is 5.83. The van der Waals surface area contributed by atoms with E-state index in [2.05, 4.69) is 25.5 Å². The van der Waals surface area contributed by atoms with Gasteiger partial charge in [-0.2, -0.15) is 15.1 Å². The Morgan fingerprint density at radius 3 is 2.75 bits per heavy atom. The molecule has 0 bridgehead atoms. The van der Waals surface area contributed by atoms with Gasteiger partial charge in [-0.15, -0.1) is 0 Å². The summed E-state index contributed by atoms with van der Waals surface area (Å²) in [6.45, 7) is -0.416. The number of hydrazone groups is 1. The molecule has 1 aliphatic heterocycles. The molecule has 4 rings (SSSR count). The van der Waals surface area contributed by atoms with Crippen LogP contribution in [0.3, 0.4) is 0 Å². The van der Waals surface area contributed by atoms with Gasteiger partial charge in [-0.05, 0) is 18.8 Å². The van der Waals surface area contributed by atoms with Gasteiger partial charge in [0.25, 0.3) is 0 Å². The molecule has 152 valence electrons. The van der Waals surface area contributed by atoms with Crippen LogP contribution in [-0.4, -0.2) is 66.0 Å². The van der Waals surface area contributed by atoms with Gasteiger partial charge in [0.2, 0.25) is 5.95 Å². The van der Waals surface area contributed by atoms with Gasteiger partial charge in [-0.3, -0.25) is 4.57 Å². The molecule has 1 aliphatic carbocycles. The maximum absolute atomic E-state index is 10.3. The Morgan fingerprint density at radius 2 is 2.04 bits per heavy atom. The Hall–Kier alpha value is -2.34. The van der Waals surface area contributed by atoms with Gasteiger partial charge in [-0.25, -0.2) is 10.4 Å². The molecule has 2 aromatic heterocycles. The first kappa shape index (κ1) is 19.0. The molecule has 4 atom stereocenters. The summed E-state index contributed by atoms with van der Waals surface area (Å²) in [7, 11) is 0. The smallest absolute Gasteiger partial charge is 0.247 e. The lowest BCUT2D eigenvalue weighted by molar-refractivity contribution is -0.0511. The third-order valence-corrected chi connectivity index (χ3v) is 5.34. The van der Waals surface area contributed by atoms with Gasteiger partial charge >= 0.3 is 0 Å². The SMILES string of the molecule is Nc1nc(N/N=C\C2CCCCC2)nc2c1ncn2[C@@H]1O[C@H](CO)[C@@H](O)[C@H]1O. The normalized spacial score (nSPS) is 29.1. The van der Waals surface area contributed by atoms with Gasteiger partial charge in [0, 0.05) is 6.21 Å². The van der Waals surface area contributed by atoms with Crippen LogP contribution in [-0.2, 0) is 4.74 Å². The first-order valence-electron chi connectivity index (χ1n) is 9.50. The van der Waals surface area contributed by atoms with Crippen LogP contribution < -0.4 is 11.2 Å². The molecule has 1 saturated heterocycles. The van der Waals surface area contributed by atoms with Crippen LogP contribution in [0.1, 0.15) is 38.3 Å². The number of nitrogens with one attached hydrogen (secondary N) is 1. The Balaban J connectivity index is 1.57. The molecule has 28 heavy (non-hydrogen) atoms. The summed E-state index contributed by atoms with van der Waals surface area (Å²) in [5.74, 6) is 0.809. The summed E-state index contributed by atoms with van der Waals surface area (Å²) >= 11 is 0. The van der Waals surface area contributed by atoms with E-state index in [0.717, 1.165) is 12.8 Å². The largest absolute Gasteiger partial charge is 0.394 e. The molecule has 11 nitrogen and oxygen atoms in total. The summed E-state index contributed by atoms with van der Waals surface area (Å²) in [6, 6.07) is 0. The van der Waals surface area contributed by atoms with E-state index >= 15 is 0 Å². The Kier molecular flexibility index (Phi) is 5.40. The Bertz CT molecular complexity index is 851.